The zero-order valence-corrected chi connectivity index (χ0v) is 17.8. The van der Waals surface area contributed by atoms with E-state index in [-0.39, 0.29) is 11.7 Å². The summed E-state index contributed by atoms with van der Waals surface area (Å²) in [6.07, 6.45) is 0. The smallest absolute Gasteiger partial charge is 0.256 e. The molecule has 1 N–H and O–H groups in total. The van der Waals surface area contributed by atoms with Crippen LogP contribution in [0.1, 0.15) is 31.1 Å². The molecular weight excluding hydrogens is 407 g/mol. The van der Waals surface area contributed by atoms with E-state index in [4.69, 9.17) is 14.2 Å². The van der Waals surface area contributed by atoms with E-state index in [2.05, 4.69) is 10.3 Å². The number of nitrogens with one attached hydrogen (secondary N) is 1. The summed E-state index contributed by atoms with van der Waals surface area (Å²) in [6, 6.07) is 9.22. The average Bonchev–Trinajstić information content (AvgIpc) is 3.19. The van der Waals surface area contributed by atoms with Gasteiger partial charge in [0.25, 0.3) is 5.91 Å². The van der Waals surface area contributed by atoms with Crippen LogP contribution in [0.15, 0.2) is 41.9 Å². The molecule has 0 bridgehead atoms. The highest BCUT2D eigenvalue weighted by atomic mass is 32.1. The maximum Gasteiger partial charge on any atom is 0.256 e. The zero-order valence-electron chi connectivity index (χ0n) is 17.0. The summed E-state index contributed by atoms with van der Waals surface area (Å²) < 4.78 is 30.3. The van der Waals surface area contributed by atoms with Gasteiger partial charge >= 0.3 is 0 Å². The molecule has 0 fully saturated rings. The molecule has 0 saturated carbocycles. The van der Waals surface area contributed by atoms with Gasteiger partial charge in [-0.25, -0.2) is 9.37 Å². The van der Waals surface area contributed by atoms with Crippen molar-refractivity contribution in [3.63, 3.8) is 0 Å². The van der Waals surface area contributed by atoms with E-state index in [1.807, 2.05) is 20.8 Å². The Balaban J connectivity index is 1.92. The van der Waals surface area contributed by atoms with Gasteiger partial charge in [-0.15, -0.1) is 11.3 Å². The summed E-state index contributed by atoms with van der Waals surface area (Å²) in [6.45, 7) is 6.85. The number of rotatable bonds is 9. The molecule has 0 aliphatic rings. The first-order valence-corrected chi connectivity index (χ1v) is 10.5. The quantitative estimate of drug-likeness (QED) is 0.492. The van der Waals surface area contributed by atoms with Crippen LogP contribution >= 0.6 is 11.3 Å². The van der Waals surface area contributed by atoms with Crippen molar-refractivity contribution in [3.05, 3.63) is 53.3 Å². The number of thiazole rings is 1. The number of nitrogens with zero attached hydrogens (tertiary/aromatic N) is 1. The Morgan fingerprint density at radius 1 is 1.00 bits per heavy atom. The normalized spacial score (nSPS) is 10.5. The van der Waals surface area contributed by atoms with Crippen molar-refractivity contribution in [1.82, 2.24) is 4.98 Å². The van der Waals surface area contributed by atoms with Crippen LogP contribution < -0.4 is 19.5 Å². The van der Waals surface area contributed by atoms with E-state index in [0.717, 1.165) is 0 Å². The third-order valence-electron chi connectivity index (χ3n) is 4.08. The number of halogens is 1. The predicted molar refractivity (Wildman–Crippen MR) is 115 cm³/mol. The number of aromatic nitrogens is 1. The van der Waals surface area contributed by atoms with Crippen LogP contribution in [0.3, 0.4) is 0 Å². The van der Waals surface area contributed by atoms with Gasteiger partial charge in [0, 0.05) is 11.1 Å². The third kappa shape index (κ3) is 4.88. The van der Waals surface area contributed by atoms with E-state index in [9.17, 15) is 9.18 Å². The molecule has 0 spiro atoms. The number of hydrogen-bond donors (Lipinski definition) is 1. The Hall–Kier alpha value is -3.13. The molecule has 3 rings (SSSR count). The van der Waals surface area contributed by atoms with Crippen molar-refractivity contribution in [2.45, 2.75) is 20.8 Å². The Morgan fingerprint density at radius 2 is 1.60 bits per heavy atom. The van der Waals surface area contributed by atoms with Crippen molar-refractivity contribution in [3.8, 4) is 28.5 Å². The van der Waals surface area contributed by atoms with E-state index >= 15 is 0 Å². The van der Waals surface area contributed by atoms with Crippen molar-refractivity contribution < 1.29 is 23.4 Å². The van der Waals surface area contributed by atoms with Gasteiger partial charge in [-0.2, -0.15) is 0 Å². The van der Waals surface area contributed by atoms with E-state index in [1.54, 1.807) is 29.8 Å². The van der Waals surface area contributed by atoms with Gasteiger partial charge in [-0.05, 0) is 57.2 Å². The second kappa shape index (κ2) is 10.1. The van der Waals surface area contributed by atoms with Crippen molar-refractivity contribution in [2.75, 3.05) is 25.1 Å². The molecule has 6 nitrogen and oxygen atoms in total. The van der Waals surface area contributed by atoms with Crippen LogP contribution in [0.2, 0.25) is 0 Å². The van der Waals surface area contributed by atoms with Crippen LogP contribution in [0.4, 0.5) is 9.39 Å². The standard InChI is InChI=1S/C22H23FN2O4S/c1-4-27-17-11-15(12-18(28-5-2)20(17)29-6-3)21(26)25-22-19(24-13-30-22)14-7-9-16(23)10-8-14/h7-13H,4-6H2,1-3H3,(H,25,26). The van der Waals surface area contributed by atoms with E-state index in [0.29, 0.717) is 58.9 Å². The molecule has 8 heteroatoms. The molecule has 2 aromatic carbocycles. The number of anilines is 1. The lowest BCUT2D eigenvalue weighted by atomic mass is 10.1. The fraction of sp³-hybridized carbons (Fsp3) is 0.273. The number of ether oxygens (including phenoxy) is 3. The Kier molecular flexibility index (Phi) is 7.24. The fourth-order valence-electron chi connectivity index (χ4n) is 2.84. The number of carbonyl (C=O) groups excluding carboxylic acids is 1. The van der Waals surface area contributed by atoms with Crippen LogP contribution in [0.5, 0.6) is 17.2 Å². The zero-order chi connectivity index (χ0) is 21.5. The molecule has 0 saturated heterocycles. The average molecular weight is 431 g/mol. The Labute approximate surface area is 178 Å². The molecule has 158 valence electrons. The first kappa shape index (κ1) is 21.6. The van der Waals surface area contributed by atoms with E-state index in [1.165, 1.54) is 23.5 Å². The molecule has 1 heterocycles. The van der Waals surface area contributed by atoms with Gasteiger partial charge in [-0.1, -0.05) is 0 Å². The second-order valence-electron chi connectivity index (χ2n) is 6.09. The lowest BCUT2D eigenvalue weighted by Gasteiger charge is -2.17. The minimum Gasteiger partial charge on any atom is -0.490 e. The fourth-order valence-corrected chi connectivity index (χ4v) is 3.54. The largest absolute Gasteiger partial charge is 0.490 e. The van der Waals surface area contributed by atoms with E-state index < -0.39 is 0 Å². The maximum absolute atomic E-state index is 13.2. The lowest BCUT2D eigenvalue weighted by Crippen LogP contribution is -2.13. The molecule has 1 amide bonds. The van der Waals surface area contributed by atoms with Crippen molar-refractivity contribution >= 4 is 22.2 Å². The summed E-state index contributed by atoms with van der Waals surface area (Å²) in [5.74, 6) is 0.688. The molecule has 30 heavy (non-hydrogen) atoms. The highest BCUT2D eigenvalue weighted by molar-refractivity contribution is 7.14. The molecular formula is C22H23FN2O4S. The van der Waals surface area contributed by atoms with Gasteiger partial charge in [0.2, 0.25) is 5.75 Å². The molecule has 0 aliphatic carbocycles. The summed E-state index contributed by atoms with van der Waals surface area (Å²) in [5.41, 5.74) is 3.28. The summed E-state index contributed by atoms with van der Waals surface area (Å²) in [4.78, 5) is 17.3. The minimum atomic E-state index is -0.340. The maximum atomic E-state index is 13.2. The number of amides is 1. The SMILES string of the molecule is CCOc1cc(C(=O)Nc2scnc2-c2ccc(F)cc2)cc(OCC)c1OCC. The summed E-state index contributed by atoms with van der Waals surface area (Å²) in [5, 5.41) is 3.45. The minimum absolute atomic E-state index is 0.333. The van der Waals surface area contributed by atoms with Crippen LogP contribution in [-0.2, 0) is 0 Å². The monoisotopic (exact) mass is 430 g/mol. The highest BCUT2D eigenvalue weighted by Gasteiger charge is 2.20. The number of carbonyl (C=O) groups is 1. The molecule has 0 unspecified atom stereocenters. The second-order valence-corrected chi connectivity index (χ2v) is 6.95. The summed E-state index contributed by atoms with van der Waals surface area (Å²) >= 11 is 1.29. The van der Waals surface area contributed by atoms with Crippen molar-refractivity contribution in [2.24, 2.45) is 0 Å². The molecule has 0 radical (unpaired) electrons. The lowest BCUT2D eigenvalue weighted by molar-refractivity contribution is 0.102. The topological polar surface area (TPSA) is 69.7 Å². The van der Waals surface area contributed by atoms with Gasteiger partial charge < -0.3 is 19.5 Å². The molecule has 3 aromatic rings. The van der Waals surface area contributed by atoms with Gasteiger partial charge in [-0.3, -0.25) is 4.79 Å². The molecule has 1 aromatic heterocycles. The van der Waals surface area contributed by atoms with Gasteiger partial charge in [0.05, 0.1) is 25.3 Å². The molecule has 0 atom stereocenters. The first-order valence-electron chi connectivity index (χ1n) is 9.64. The van der Waals surface area contributed by atoms with Crippen molar-refractivity contribution in [1.29, 1.82) is 0 Å². The highest BCUT2D eigenvalue weighted by Crippen LogP contribution is 2.39. The summed E-state index contributed by atoms with van der Waals surface area (Å²) in [7, 11) is 0. The predicted octanol–water partition coefficient (Wildman–Crippen LogP) is 5.40. The number of hydrogen-bond acceptors (Lipinski definition) is 6. The first-order chi connectivity index (χ1) is 14.6. The number of benzene rings is 2. The third-order valence-corrected chi connectivity index (χ3v) is 4.83. The van der Waals surface area contributed by atoms with Gasteiger partial charge in [0.15, 0.2) is 11.5 Å². The molecule has 0 aliphatic heterocycles. The Bertz CT molecular complexity index is 978. The van der Waals surface area contributed by atoms with Crippen LogP contribution in [0, 0.1) is 5.82 Å². The van der Waals surface area contributed by atoms with Gasteiger partial charge in [0.1, 0.15) is 16.5 Å². The van der Waals surface area contributed by atoms with Crippen LogP contribution in [0.25, 0.3) is 11.3 Å². The Morgan fingerprint density at radius 3 is 2.17 bits per heavy atom. The van der Waals surface area contributed by atoms with Crippen LogP contribution in [-0.4, -0.2) is 30.7 Å².